The van der Waals surface area contributed by atoms with Crippen molar-refractivity contribution in [3.63, 3.8) is 0 Å². The third-order valence-electron chi connectivity index (χ3n) is 3.29. The Labute approximate surface area is 122 Å². The molecule has 3 rings (SSSR count). The Morgan fingerprint density at radius 1 is 0.818 bits per heavy atom. The molecule has 108 valence electrons. The summed E-state index contributed by atoms with van der Waals surface area (Å²) < 4.78 is 0. The summed E-state index contributed by atoms with van der Waals surface area (Å²) in [5.74, 6) is 0. The minimum absolute atomic E-state index is 0.108. The molecule has 0 aromatic heterocycles. The Kier molecular flexibility index (Phi) is 2.84. The van der Waals surface area contributed by atoms with Gasteiger partial charge in [-0.3, -0.25) is 30.3 Å². The van der Waals surface area contributed by atoms with Crippen molar-refractivity contribution in [1.82, 2.24) is 0 Å². The maximum Gasteiger partial charge on any atom is 0.422 e. The molecule has 0 aliphatic heterocycles. The van der Waals surface area contributed by atoms with Crippen LogP contribution in [0.25, 0.3) is 11.1 Å². The number of benzene rings is 2. The quantitative estimate of drug-likeness (QED) is 0.540. The Hall–Kier alpha value is -3.36. The lowest BCUT2D eigenvalue weighted by Gasteiger charge is -2.03. The van der Waals surface area contributed by atoms with Crippen molar-refractivity contribution in [3.8, 4) is 11.1 Å². The number of hydrogen-bond acceptors (Lipinski definition) is 6. The van der Waals surface area contributed by atoms with Crippen LogP contribution in [0.3, 0.4) is 0 Å². The zero-order valence-corrected chi connectivity index (χ0v) is 10.7. The lowest BCUT2D eigenvalue weighted by Crippen LogP contribution is -2.04. The third-order valence-corrected chi connectivity index (χ3v) is 3.29. The Bertz CT molecular complexity index is 861. The smallest absolute Gasteiger partial charge is 0.258 e. The molecule has 9 heteroatoms. The van der Waals surface area contributed by atoms with E-state index in [4.69, 9.17) is 0 Å². The van der Waals surface area contributed by atoms with Gasteiger partial charge < -0.3 is 0 Å². The normalized spacial score (nSPS) is 11.6. The second-order valence-electron chi connectivity index (χ2n) is 4.46. The predicted molar refractivity (Wildman–Crippen MR) is 73.3 cm³/mol. The number of hydrogen-bond donors (Lipinski definition) is 0. The maximum absolute atomic E-state index is 11.3. The number of fused-ring (bicyclic) bond motifs is 3. The van der Waals surface area contributed by atoms with E-state index >= 15 is 0 Å². The van der Waals surface area contributed by atoms with E-state index in [9.17, 15) is 30.3 Å². The average molecular weight is 299 g/mol. The van der Waals surface area contributed by atoms with E-state index in [1.807, 2.05) is 0 Å². The van der Waals surface area contributed by atoms with Crippen molar-refractivity contribution in [2.24, 2.45) is 0 Å². The third kappa shape index (κ3) is 1.79. The van der Waals surface area contributed by atoms with Gasteiger partial charge in [0.25, 0.3) is 0 Å². The first-order valence-electron chi connectivity index (χ1n) is 5.92. The minimum atomic E-state index is -1.13. The SMILES string of the molecule is O=[N+]([O-])c1cc2c(c([N+](=O)[O-])c1[N+](=O)[O-])[C]c1ccccc1-2. The zero-order chi connectivity index (χ0) is 16.0. The summed E-state index contributed by atoms with van der Waals surface area (Å²) in [7, 11) is 0. The fourth-order valence-corrected chi connectivity index (χ4v) is 2.44. The summed E-state index contributed by atoms with van der Waals surface area (Å²) in [5.41, 5.74) is -1.86. The first kappa shape index (κ1) is 13.6. The van der Waals surface area contributed by atoms with Gasteiger partial charge in [-0.05, 0) is 11.1 Å². The summed E-state index contributed by atoms with van der Waals surface area (Å²) in [4.78, 5) is 30.3. The Morgan fingerprint density at radius 2 is 1.45 bits per heavy atom. The van der Waals surface area contributed by atoms with Crippen molar-refractivity contribution in [1.29, 1.82) is 0 Å². The number of rotatable bonds is 3. The van der Waals surface area contributed by atoms with Crippen LogP contribution in [0.2, 0.25) is 0 Å². The molecular formula is C13H5N3O6. The molecule has 0 saturated heterocycles. The second-order valence-corrected chi connectivity index (χ2v) is 4.46. The van der Waals surface area contributed by atoms with Gasteiger partial charge in [-0.1, -0.05) is 24.3 Å². The molecule has 2 aromatic carbocycles. The van der Waals surface area contributed by atoms with Crippen molar-refractivity contribution in [2.45, 2.75) is 0 Å². The van der Waals surface area contributed by atoms with Crippen LogP contribution in [0.15, 0.2) is 30.3 Å². The van der Waals surface area contributed by atoms with Crippen molar-refractivity contribution in [3.05, 3.63) is 78.2 Å². The summed E-state index contributed by atoms with van der Waals surface area (Å²) in [5, 5.41) is 33.4. The van der Waals surface area contributed by atoms with Crippen LogP contribution < -0.4 is 0 Å². The monoisotopic (exact) mass is 299 g/mol. The molecule has 2 radical (unpaired) electrons. The molecule has 1 aliphatic carbocycles. The van der Waals surface area contributed by atoms with Crippen LogP contribution >= 0.6 is 0 Å². The highest BCUT2D eigenvalue weighted by Crippen LogP contribution is 2.49. The van der Waals surface area contributed by atoms with E-state index in [0.29, 0.717) is 11.1 Å². The molecule has 0 N–H and O–H groups in total. The first-order chi connectivity index (χ1) is 10.4. The highest BCUT2D eigenvalue weighted by atomic mass is 16.6. The fourth-order valence-electron chi connectivity index (χ4n) is 2.44. The maximum atomic E-state index is 11.3. The van der Waals surface area contributed by atoms with Crippen LogP contribution in [0.4, 0.5) is 17.1 Å². The van der Waals surface area contributed by atoms with Crippen LogP contribution in [0, 0.1) is 36.8 Å². The van der Waals surface area contributed by atoms with Crippen LogP contribution in [-0.4, -0.2) is 14.8 Å². The van der Waals surface area contributed by atoms with E-state index in [1.165, 1.54) is 0 Å². The van der Waals surface area contributed by atoms with Crippen molar-refractivity contribution >= 4 is 17.1 Å². The molecule has 0 unspecified atom stereocenters. The summed E-state index contributed by atoms with van der Waals surface area (Å²) in [6.45, 7) is 0. The Balaban J connectivity index is 2.44. The van der Waals surface area contributed by atoms with Crippen LogP contribution in [0.5, 0.6) is 0 Å². The van der Waals surface area contributed by atoms with Crippen LogP contribution in [-0.2, 0) is 0 Å². The fraction of sp³-hybridized carbons (Fsp3) is 0. The van der Waals surface area contributed by atoms with Gasteiger partial charge in [0.1, 0.15) is 0 Å². The standard InChI is InChI=1S/C13H5N3O6/c17-14(18)11-6-9-8-4-2-1-3-7(8)5-10(9)12(15(19)20)13(11)16(21)22/h1-4,6H. The van der Waals surface area contributed by atoms with Gasteiger partial charge in [-0.2, -0.15) is 0 Å². The molecule has 0 amide bonds. The van der Waals surface area contributed by atoms with Crippen molar-refractivity contribution < 1.29 is 14.8 Å². The zero-order valence-electron chi connectivity index (χ0n) is 10.7. The van der Waals surface area contributed by atoms with Gasteiger partial charge in [-0.25, -0.2) is 0 Å². The van der Waals surface area contributed by atoms with E-state index in [-0.39, 0.29) is 11.1 Å². The van der Waals surface area contributed by atoms with Gasteiger partial charge in [-0.15, -0.1) is 0 Å². The number of nitro benzene ring substituents is 3. The van der Waals surface area contributed by atoms with Gasteiger partial charge >= 0.3 is 17.1 Å². The first-order valence-corrected chi connectivity index (χ1v) is 5.92. The van der Waals surface area contributed by atoms with E-state index in [0.717, 1.165) is 6.07 Å². The molecule has 0 bridgehead atoms. The molecule has 0 spiro atoms. The molecule has 0 fully saturated rings. The summed E-state index contributed by atoms with van der Waals surface area (Å²) in [6.07, 6.45) is 2.72. The molecule has 2 aromatic rings. The molecule has 9 nitrogen and oxygen atoms in total. The largest absolute Gasteiger partial charge is 0.422 e. The summed E-state index contributed by atoms with van der Waals surface area (Å²) in [6, 6.07) is 7.56. The van der Waals surface area contributed by atoms with E-state index < -0.39 is 31.8 Å². The average Bonchev–Trinajstić information content (AvgIpc) is 2.82. The lowest BCUT2D eigenvalue weighted by atomic mass is 10.0. The van der Waals surface area contributed by atoms with Gasteiger partial charge in [0.05, 0.1) is 26.8 Å². The highest BCUT2D eigenvalue weighted by Gasteiger charge is 2.43. The van der Waals surface area contributed by atoms with E-state index in [2.05, 4.69) is 6.42 Å². The van der Waals surface area contributed by atoms with Gasteiger partial charge in [0.15, 0.2) is 0 Å². The molecular weight excluding hydrogens is 294 g/mol. The topological polar surface area (TPSA) is 129 Å². The molecule has 1 aliphatic rings. The lowest BCUT2D eigenvalue weighted by molar-refractivity contribution is -0.441. The molecule has 0 saturated carbocycles. The predicted octanol–water partition coefficient (Wildman–Crippen LogP) is 2.87. The molecule has 22 heavy (non-hydrogen) atoms. The Morgan fingerprint density at radius 3 is 2.05 bits per heavy atom. The van der Waals surface area contributed by atoms with E-state index in [1.54, 1.807) is 24.3 Å². The minimum Gasteiger partial charge on any atom is -0.258 e. The molecule has 0 atom stereocenters. The number of nitro groups is 3. The van der Waals surface area contributed by atoms with Gasteiger partial charge in [0.2, 0.25) is 0 Å². The summed E-state index contributed by atoms with van der Waals surface area (Å²) >= 11 is 0. The van der Waals surface area contributed by atoms with Gasteiger partial charge in [0, 0.05) is 11.6 Å². The van der Waals surface area contributed by atoms with Crippen LogP contribution in [0.1, 0.15) is 11.1 Å². The number of nitrogens with zero attached hydrogens (tertiary/aromatic N) is 3. The second kappa shape index (κ2) is 4.58. The van der Waals surface area contributed by atoms with Crippen molar-refractivity contribution in [2.75, 3.05) is 0 Å². The molecule has 0 heterocycles. The highest BCUT2D eigenvalue weighted by molar-refractivity contribution is 5.90.